The summed E-state index contributed by atoms with van der Waals surface area (Å²) in [7, 11) is 0. The van der Waals surface area contributed by atoms with Gasteiger partial charge in [0.05, 0.1) is 6.04 Å². The second-order valence-electron chi connectivity index (χ2n) is 4.29. The number of benzene rings is 1. The van der Waals surface area contributed by atoms with E-state index in [2.05, 4.69) is 16.0 Å². The molecule has 1 aromatic carbocycles. The third-order valence-electron chi connectivity index (χ3n) is 2.84. The fraction of sp³-hybridized carbons (Fsp3) is 0.385. The Morgan fingerprint density at radius 3 is 2.67 bits per heavy atom. The van der Waals surface area contributed by atoms with Crippen molar-refractivity contribution < 1.29 is 9.59 Å². The lowest BCUT2D eigenvalue weighted by Crippen LogP contribution is -2.36. The number of nitrogens with one attached hydrogen (secondary N) is 3. The van der Waals surface area contributed by atoms with E-state index in [9.17, 15) is 9.59 Å². The maximum Gasteiger partial charge on any atom is 0.251 e. The summed E-state index contributed by atoms with van der Waals surface area (Å²) in [5, 5.41) is 8.69. The molecule has 0 radical (unpaired) electrons. The zero-order valence-electron chi connectivity index (χ0n) is 10.3. The van der Waals surface area contributed by atoms with Crippen LogP contribution in [0.1, 0.15) is 23.7 Å². The van der Waals surface area contributed by atoms with Crippen molar-refractivity contribution >= 4 is 17.5 Å². The van der Waals surface area contributed by atoms with Gasteiger partial charge in [-0.3, -0.25) is 9.59 Å². The first-order chi connectivity index (χ1) is 8.69. The van der Waals surface area contributed by atoms with Crippen molar-refractivity contribution in [3.05, 3.63) is 29.8 Å². The molecule has 1 atom stereocenters. The number of carbonyl (C=O) groups is 2. The van der Waals surface area contributed by atoms with Crippen molar-refractivity contribution in [1.82, 2.24) is 10.6 Å². The molecule has 1 aromatic rings. The quantitative estimate of drug-likeness (QED) is 0.735. The van der Waals surface area contributed by atoms with E-state index < -0.39 is 0 Å². The largest absolute Gasteiger partial charge is 0.385 e. The molecule has 18 heavy (non-hydrogen) atoms. The van der Waals surface area contributed by atoms with Crippen LogP contribution in [-0.2, 0) is 4.79 Å². The second-order valence-corrected chi connectivity index (χ2v) is 4.29. The molecule has 96 valence electrons. The first-order valence-corrected chi connectivity index (χ1v) is 6.10. The molecule has 3 N–H and O–H groups in total. The van der Waals surface area contributed by atoms with Crippen molar-refractivity contribution in [2.75, 3.05) is 18.4 Å². The van der Waals surface area contributed by atoms with Crippen molar-refractivity contribution in [2.24, 2.45) is 0 Å². The Morgan fingerprint density at radius 1 is 1.39 bits per heavy atom. The van der Waals surface area contributed by atoms with Gasteiger partial charge in [-0.15, -0.1) is 0 Å². The normalized spacial score (nSPS) is 18.3. The number of hydrogen-bond donors (Lipinski definition) is 3. The van der Waals surface area contributed by atoms with Gasteiger partial charge in [0, 0.05) is 30.8 Å². The molecule has 2 amide bonds. The topological polar surface area (TPSA) is 70.2 Å². The van der Waals surface area contributed by atoms with E-state index in [0.717, 1.165) is 12.2 Å². The summed E-state index contributed by atoms with van der Waals surface area (Å²) in [6.07, 6.45) is 0.362. The zero-order valence-corrected chi connectivity index (χ0v) is 10.3. The second kappa shape index (κ2) is 5.53. The molecule has 5 heteroatoms. The maximum absolute atomic E-state index is 11.9. The fourth-order valence-electron chi connectivity index (χ4n) is 1.92. The van der Waals surface area contributed by atoms with E-state index in [4.69, 9.17) is 0 Å². The van der Waals surface area contributed by atoms with Crippen molar-refractivity contribution in [3.63, 3.8) is 0 Å². The molecule has 1 aliphatic rings. The van der Waals surface area contributed by atoms with Crippen LogP contribution in [0.15, 0.2) is 24.3 Å². The van der Waals surface area contributed by atoms with Gasteiger partial charge in [-0.05, 0) is 31.2 Å². The summed E-state index contributed by atoms with van der Waals surface area (Å²) >= 11 is 0. The molecule has 0 aliphatic carbocycles. The predicted octanol–water partition coefficient (Wildman–Crippen LogP) is 0.737. The number of anilines is 1. The van der Waals surface area contributed by atoms with Gasteiger partial charge in [0.2, 0.25) is 5.91 Å². The van der Waals surface area contributed by atoms with E-state index in [0.29, 0.717) is 18.5 Å². The minimum Gasteiger partial charge on any atom is -0.385 e. The van der Waals surface area contributed by atoms with Crippen LogP contribution in [0.3, 0.4) is 0 Å². The lowest BCUT2D eigenvalue weighted by Gasteiger charge is -2.10. The minimum absolute atomic E-state index is 0.0113. The number of hydrogen-bond acceptors (Lipinski definition) is 3. The Morgan fingerprint density at radius 2 is 2.11 bits per heavy atom. The average molecular weight is 247 g/mol. The molecule has 5 nitrogen and oxygen atoms in total. The Labute approximate surface area is 106 Å². The third kappa shape index (κ3) is 3.00. The fourth-order valence-corrected chi connectivity index (χ4v) is 1.92. The van der Waals surface area contributed by atoms with Gasteiger partial charge in [0.1, 0.15) is 0 Å². The number of amides is 2. The molecule has 2 rings (SSSR count). The van der Waals surface area contributed by atoms with Gasteiger partial charge >= 0.3 is 0 Å². The highest BCUT2D eigenvalue weighted by Gasteiger charge is 2.23. The third-order valence-corrected chi connectivity index (χ3v) is 2.84. The number of rotatable bonds is 4. The Balaban J connectivity index is 1.94. The van der Waals surface area contributed by atoms with Crippen LogP contribution < -0.4 is 16.0 Å². The SMILES string of the molecule is CCNc1ccc(C(=O)NC2CNC(=O)C2)cc1. The average Bonchev–Trinajstić information content (AvgIpc) is 2.76. The maximum atomic E-state index is 11.9. The van der Waals surface area contributed by atoms with Crippen LogP contribution in [-0.4, -0.2) is 30.9 Å². The summed E-state index contributed by atoms with van der Waals surface area (Å²) < 4.78 is 0. The molecular weight excluding hydrogens is 230 g/mol. The molecule has 1 fully saturated rings. The van der Waals surface area contributed by atoms with Crippen LogP contribution >= 0.6 is 0 Å². The highest BCUT2D eigenvalue weighted by molar-refractivity contribution is 5.95. The first-order valence-electron chi connectivity index (χ1n) is 6.10. The van der Waals surface area contributed by atoms with Crippen molar-refractivity contribution in [3.8, 4) is 0 Å². The molecule has 1 unspecified atom stereocenters. The van der Waals surface area contributed by atoms with Gasteiger partial charge in [0.25, 0.3) is 5.91 Å². The molecule has 0 bridgehead atoms. The molecule has 1 heterocycles. The Kier molecular flexibility index (Phi) is 3.82. The van der Waals surface area contributed by atoms with Crippen LogP contribution in [0.2, 0.25) is 0 Å². The van der Waals surface area contributed by atoms with E-state index >= 15 is 0 Å². The highest BCUT2D eigenvalue weighted by atomic mass is 16.2. The molecule has 1 saturated heterocycles. The Hall–Kier alpha value is -2.04. The standard InChI is InChI=1S/C13H17N3O2/c1-2-14-10-5-3-9(4-6-10)13(18)16-11-7-12(17)15-8-11/h3-6,11,14H,2,7-8H2,1H3,(H,15,17)(H,16,18). The highest BCUT2D eigenvalue weighted by Crippen LogP contribution is 2.10. The number of carbonyl (C=O) groups excluding carboxylic acids is 2. The zero-order chi connectivity index (χ0) is 13.0. The summed E-state index contributed by atoms with van der Waals surface area (Å²) in [5.74, 6) is -0.151. The van der Waals surface area contributed by atoms with Crippen LogP contribution in [0.4, 0.5) is 5.69 Å². The molecule has 0 spiro atoms. The van der Waals surface area contributed by atoms with Gasteiger partial charge in [-0.2, -0.15) is 0 Å². The molecule has 0 saturated carbocycles. The van der Waals surface area contributed by atoms with Crippen molar-refractivity contribution in [2.45, 2.75) is 19.4 Å². The first kappa shape index (κ1) is 12.4. The van der Waals surface area contributed by atoms with Gasteiger partial charge in [0.15, 0.2) is 0 Å². The van der Waals surface area contributed by atoms with E-state index in [1.807, 2.05) is 19.1 Å². The summed E-state index contributed by atoms with van der Waals surface area (Å²) in [5.41, 5.74) is 1.60. The van der Waals surface area contributed by atoms with E-state index in [1.165, 1.54) is 0 Å². The van der Waals surface area contributed by atoms with Gasteiger partial charge < -0.3 is 16.0 Å². The summed E-state index contributed by atoms with van der Waals surface area (Å²) in [6.45, 7) is 3.38. The predicted molar refractivity (Wildman–Crippen MR) is 69.5 cm³/mol. The van der Waals surface area contributed by atoms with E-state index in [-0.39, 0.29) is 17.9 Å². The van der Waals surface area contributed by atoms with E-state index in [1.54, 1.807) is 12.1 Å². The monoisotopic (exact) mass is 247 g/mol. The smallest absolute Gasteiger partial charge is 0.251 e. The minimum atomic E-state index is -0.139. The van der Waals surface area contributed by atoms with Gasteiger partial charge in [-0.25, -0.2) is 0 Å². The van der Waals surface area contributed by atoms with Gasteiger partial charge in [-0.1, -0.05) is 0 Å². The summed E-state index contributed by atoms with van der Waals surface area (Å²) in [6, 6.07) is 7.19. The van der Waals surface area contributed by atoms with Crippen LogP contribution in [0, 0.1) is 0 Å². The van der Waals surface area contributed by atoms with Crippen LogP contribution in [0.5, 0.6) is 0 Å². The van der Waals surface area contributed by atoms with Crippen LogP contribution in [0.25, 0.3) is 0 Å². The Bertz CT molecular complexity index is 442. The lowest BCUT2D eigenvalue weighted by molar-refractivity contribution is -0.119. The lowest BCUT2D eigenvalue weighted by atomic mass is 10.1. The van der Waals surface area contributed by atoms with Crippen molar-refractivity contribution in [1.29, 1.82) is 0 Å². The molecule has 1 aliphatic heterocycles. The molecule has 0 aromatic heterocycles. The molecular formula is C13H17N3O2. The summed E-state index contributed by atoms with van der Waals surface area (Å²) in [4.78, 5) is 22.9.